The molecule has 2 N–H and O–H groups in total. The highest BCUT2D eigenvalue weighted by molar-refractivity contribution is 5.61. The van der Waals surface area contributed by atoms with Crippen molar-refractivity contribution in [1.29, 1.82) is 0 Å². The molecule has 0 fully saturated rings. The molecule has 2 heterocycles. The molecule has 10 heteroatoms. The van der Waals surface area contributed by atoms with Crippen molar-refractivity contribution in [3.8, 4) is 11.5 Å². The van der Waals surface area contributed by atoms with E-state index in [1.165, 1.54) is 0 Å². The van der Waals surface area contributed by atoms with Crippen molar-refractivity contribution in [3.05, 3.63) is 5.89 Å². The van der Waals surface area contributed by atoms with Crippen molar-refractivity contribution < 1.29 is 22.3 Å². The quantitative estimate of drug-likeness (QED) is 0.756. The molecule has 0 radical (unpaired) electrons. The van der Waals surface area contributed by atoms with Gasteiger partial charge in [0.1, 0.15) is 0 Å². The number of hydrogen-bond donors (Lipinski definition) is 1. The van der Waals surface area contributed by atoms with Crippen LogP contribution in [0.2, 0.25) is 0 Å². The molecule has 0 aliphatic heterocycles. The first-order valence-corrected chi connectivity index (χ1v) is 3.48. The maximum atomic E-state index is 12.1. The van der Waals surface area contributed by atoms with Crippen LogP contribution in [0.15, 0.2) is 9.15 Å². The maximum Gasteiger partial charge on any atom is 0.471 e. The van der Waals surface area contributed by atoms with Gasteiger partial charge in [-0.1, -0.05) is 5.16 Å². The van der Waals surface area contributed by atoms with Crippen LogP contribution in [0.25, 0.3) is 11.5 Å². The molecule has 0 spiro atoms. The van der Waals surface area contributed by atoms with Gasteiger partial charge in [-0.25, -0.2) is 4.63 Å². The van der Waals surface area contributed by atoms with Crippen molar-refractivity contribution in [2.24, 2.45) is 0 Å². The topological polar surface area (TPSA) is 104 Å². The van der Waals surface area contributed by atoms with Gasteiger partial charge in [0.05, 0.1) is 0 Å². The number of halogens is 3. The Labute approximate surface area is 79.0 Å². The van der Waals surface area contributed by atoms with E-state index in [1.54, 1.807) is 0 Å². The second-order valence-corrected chi connectivity index (χ2v) is 2.42. The average molecular weight is 221 g/mol. The summed E-state index contributed by atoms with van der Waals surface area (Å²) in [5.41, 5.74) is 5.02. The third kappa shape index (κ3) is 1.60. The number of hydrogen-bond acceptors (Lipinski definition) is 7. The average Bonchev–Trinajstić information content (AvgIpc) is 2.69. The maximum absolute atomic E-state index is 12.1. The molecule has 80 valence electrons. The van der Waals surface area contributed by atoms with Crippen LogP contribution in [-0.2, 0) is 6.18 Å². The first-order valence-electron chi connectivity index (χ1n) is 3.48. The van der Waals surface area contributed by atoms with Gasteiger partial charge in [-0.05, 0) is 10.3 Å². The Balaban J connectivity index is 2.41. The summed E-state index contributed by atoms with van der Waals surface area (Å²) in [6.07, 6.45) is -4.71. The highest BCUT2D eigenvalue weighted by Gasteiger charge is 2.39. The van der Waals surface area contributed by atoms with Crippen LogP contribution in [0.5, 0.6) is 0 Å². The van der Waals surface area contributed by atoms with E-state index in [0.29, 0.717) is 0 Å². The number of nitrogen functional groups attached to an aromatic ring is 1. The zero-order chi connectivity index (χ0) is 11.1. The third-order valence-corrected chi connectivity index (χ3v) is 1.39. The molecular formula is C5H2F3N5O2. The Hall–Kier alpha value is -2.13. The molecule has 0 saturated carbocycles. The third-order valence-electron chi connectivity index (χ3n) is 1.39. The Morgan fingerprint density at radius 2 is 1.87 bits per heavy atom. The van der Waals surface area contributed by atoms with Crippen LogP contribution in [-0.4, -0.2) is 20.5 Å². The first kappa shape index (κ1) is 9.43. The highest BCUT2D eigenvalue weighted by atomic mass is 19.4. The zero-order valence-corrected chi connectivity index (χ0v) is 6.82. The second kappa shape index (κ2) is 2.93. The lowest BCUT2D eigenvalue weighted by Crippen LogP contribution is -2.04. The molecule has 0 bridgehead atoms. The van der Waals surface area contributed by atoms with E-state index in [1.807, 2.05) is 0 Å². The fraction of sp³-hybridized carbons (Fsp3) is 0.200. The molecule has 0 aromatic carbocycles. The summed E-state index contributed by atoms with van der Waals surface area (Å²) >= 11 is 0. The van der Waals surface area contributed by atoms with Crippen molar-refractivity contribution in [1.82, 2.24) is 20.5 Å². The standard InChI is InChI=1S/C5H2F3N5O2/c6-5(7,8)4-10-3(13-14-4)1-2(9)12-15-11-1/h(H2,9,12). The van der Waals surface area contributed by atoms with Crippen LogP contribution < -0.4 is 5.73 Å². The van der Waals surface area contributed by atoms with Gasteiger partial charge in [-0.15, -0.1) is 0 Å². The summed E-state index contributed by atoms with van der Waals surface area (Å²) in [5.74, 6) is -2.13. The SMILES string of the molecule is Nc1nonc1-c1noc(C(F)(F)F)n1. The smallest absolute Gasteiger partial charge is 0.379 e. The minimum Gasteiger partial charge on any atom is -0.379 e. The molecule has 0 aliphatic carbocycles. The number of nitrogens with zero attached hydrogens (tertiary/aromatic N) is 4. The van der Waals surface area contributed by atoms with Crippen LogP contribution >= 0.6 is 0 Å². The second-order valence-electron chi connectivity index (χ2n) is 2.42. The zero-order valence-electron chi connectivity index (χ0n) is 6.82. The Morgan fingerprint density at radius 3 is 2.33 bits per heavy atom. The summed E-state index contributed by atoms with van der Waals surface area (Å²) in [6, 6.07) is 0. The predicted octanol–water partition coefficient (Wildman–Crippen LogP) is 0.721. The van der Waals surface area contributed by atoms with Crippen molar-refractivity contribution in [3.63, 3.8) is 0 Å². The molecule has 2 rings (SSSR count). The largest absolute Gasteiger partial charge is 0.471 e. The van der Waals surface area contributed by atoms with Gasteiger partial charge >= 0.3 is 12.1 Å². The Morgan fingerprint density at radius 1 is 1.13 bits per heavy atom. The normalized spacial score (nSPS) is 11.9. The number of nitrogens with two attached hydrogens (primary N) is 1. The van der Waals surface area contributed by atoms with E-state index in [-0.39, 0.29) is 11.5 Å². The van der Waals surface area contributed by atoms with Gasteiger partial charge in [0.2, 0.25) is 5.82 Å². The first-order chi connectivity index (χ1) is 6.98. The molecule has 0 aliphatic rings. The van der Waals surface area contributed by atoms with Gasteiger partial charge in [0.25, 0.3) is 0 Å². The van der Waals surface area contributed by atoms with Gasteiger partial charge in [-0.3, -0.25) is 0 Å². The molecule has 0 amide bonds. The molecule has 0 atom stereocenters. The lowest BCUT2D eigenvalue weighted by molar-refractivity contribution is -0.159. The summed E-state index contributed by atoms with van der Waals surface area (Å²) in [7, 11) is 0. The summed E-state index contributed by atoms with van der Waals surface area (Å²) in [6.45, 7) is 0. The molecule has 7 nitrogen and oxygen atoms in total. The van der Waals surface area contributed by atoms with Crippen molar-refractivity contribution >= 4 is 5.82 Å². The summed E-state index contributed by atoms with van der Waals surface area (Å²) in [5, 5.41) is 9.41. The number of anilines is 1. The molecule has 15 heavy (non-hydrogen) atoms. The Bertz CT molecular complexity index is 475. The molecule has 0 saturated heterocycles. The fourth-order valence-corrected chi connectivity index (χ4v) is 0.785. The predicted molar refractivity (Wildman–Crippen MR) is 37.0 cm³/mol. The summed E-state index contributed by atoms with van der Waals surface area (Å²) in [4.78, 5) is 3.04. The fourth-order valence-electron chi connectivity index (χ4n) is 0.785. The lowest BCUT2D eigenvalue weighted by Gasteiger charge is -1.95. The molecule has 2 aromatic rings. The number of aromatic nitrogens is 4. The molecule has 2 aromatic heterocycles. The summed E-state index contributed by atoms with van der Waals surface area (Å²) < 4.78 is 44.3. The van der Waals surface area contributed by atoms with Gasteiger partial charge < -0.3 is 10.3 Å². The minimum absolute atomic E-state index is 0.200. The van der Waals surface area contributed by atoms with Gasteiger partial charge in [0.15, 0.2) is 11.5 Å². The minimum atomic E-state index is -4.71. The van der Waals surface area contributed by atoms with E-state index in [4.69, 9.17) is 5.73 Å². The van der Waals surface area contributed by atoms with Crippen LogP contribution in [0.1, 0.15) is 5.89 Å². The molecular weight excluding hydrogens is 219 g/mol. The number of rotatable bonds is 1. The van der Waals surface area contributed by atoms with E-state index in [9.17, 15) is 13.2 Å². The van der Waals surface area contributed by atoms with Crippen molar-refractivity contribution in [2.45, 2.75) is 6.18 Å². The lowest BCUT2D eigenvalue weighted by atomic mass is 10.4. The monoisotopic (exact) mass is 221 g/mol. The van der Waals surface area contributed by atoms with E-state index in [0.717, 1.165) is 0 Å². The Kier molecular flexibility index (Phi) is 1.84. The van der Waals surface area contributed by atoms with E-state index in [2.05, 4.69) is 29.6 Å². The van der Waals surface area contributed by atoms with Crippen LogP contribution in [0.3, 0.4) is 0 Å². The van der Waals surface area contributed by atoms with Crippen LogP contribution in [0.4, 0.5) is 19.0 Å². The van der Waals surface area contributed by atoms with Gasteiger partial charge in [0, 0.05) is 0 Å². The van der Waals surface area contributed by atoms with Crippen LogP contribution in [0, 0.1) is 0 Å². The van der Waals surface area contributed by atoms with Gasteiger partial charge in [-0.2, -0.15) is 18.2 Å². The highest BCUT2D eigenvalue weighted by Crippen LogP contribution is 2.29. The van der Waals surface area contributed by atoms with E-state index < -0.39 is 17.9 Å². The number of alkyl halides is 3. The molecule has 0 unspecified atom stereocenters. The van der Waals surface area contributed by atoms with Crippen molar-refractivity contribution in [2.75, 3.05) is 5.73 Å². The van der Waals surface area contributed by atoms with E-state index >= 15 is 0 Å².